The highest BCUT2D eigenvalue weighted by molar-refractivity contribution is 7.13. The maximum absolute atomic E-state index is 12.6. The van der Waals surface area contributed by atoms with Crippen molar-refractivity contribution in [2.45, 2.75) is 53.1 Å². The van der Waals surface area contributed by atoms with Crippen LogP contribution in [0, 0.1) is 18.3 Å². The Kier molecular flexibility index (Phi) is 6.09. The largest absolute Gasteiger partial charge is 0.442 e. The first-order valence-electron chi connectivity index (χ1n) is 11.0. The molecule has 0 radical (unpaired) electrons. The van der Waals surface area contributed by atoms with Gasteiger partial charge >= 0.3 is 6.09 Å². The average molecular weight is 458 g/mol. The van der Waals surface area contributed by atoms with Crippen LogP contribution in [0.1, 0.15) is 50.8 Å². The van der Waals surface area contributed by atoms with E-state index in [0.29, 0.717) is 11.1 Å². The monoisotopic (exact) mass is 457 g/mol. The smallest absolute Gasteiger partial charge is 0.435 e. The molecule has 0 aliphatic rings. The van der Waals surface area contributed by atoms with E-state index in [1.165, 1.54) is 4.68 Å². The number of fused-ring (bicyclic) bond motifs is 1. The molecule has 0 amide bonds. The first kappa shape index (κ1) is 22.8. The Bertz CT molecular complexity index is 1380. The van der Waals surface area contributed by atoms with Gasteiger partial charge in [0.25, 0.3) is 0 Å². The van der Waals surface area contributed by atoms with E-state index in [-0.39, 0.29) is 0 Å². The first-order chi connectivity index (χ1) is 15.7. The van der Waals surface area contributed by atoms with E-state index in [0.717, 1.165) is 50.9 Å². The molecule has 0 saturated carbocycles. The summed E-state index contributed by atoms with van der Waals surface area (Å²) in [5, 5.41) is 17.2. The third-order valence-electron chi connectivity index (χ3n) is 5.39. The van der Waals surface area contributed by atoms with Crippen molar-refractivity contribution >= 4 is 28.3 Å². The topological polar surface area (TPSA) is 67.9 Å². The van der Waals surface area contributed by atoms with Crippen molar-refractivity contribution in [1.82, 2.24) is 9.78 Å². The summed E-state index contributed by atoms with van der Waals surface area (Å²) in [4.78, 5) is 13.7. The molecule has 33 heavy (non-hydrogen) atoms. The van der Waals surface area contributed by atoms with Crippen LogP contribution >= 0.6 is 11.3 Å². The van der Waals surface area contributed by atoms with Crippen molar-refractivity contribution in [2.75, 3.05) is 0 Å². The van der Waals surface area contributed by atoms with Crippen LogP contribution < -0.4 is 0 Å². The fraction of sp³-hybridized carbons (Fsp3) is 0.296. The van der Waals surface area contributed by atoms with Crippen molar-refractivity contribution in [2.24, 2.45) is 0 Å². The molecule has 6 heteroatoms. The Morgan fingerprint density at radius 3 is 2.64 bits per heavy atom. The summed E-state index contributed by atoms with van der Waals surface area (Å²) in [6, 6.07) is 14.6. The molecule has 5 nitrogen and oxygen atoms in total. The molecule has 0 fully saturated rings. The van der Waals surface area contributed by atoms with Gasteiger partial charge in [-0.3, -0.25) is 0 Å². The summed E-state index contributed by atoms with van der Waals surface area (Å²) in [5.74, 6) is 0. The fourth-order valence-electron chi connectivity index (χ4n) is 3.98. The molecule has 4 aromatic rings. The van der Waals surface area contributed by atoms with Crippen molar-refractivity contribution in [1.29, 1.82) is 5.26 Å². The van der Waals surface area contributed by atoms with Crippen LogP contribution in [0.3, 0.4) is 0 Å². The molecule has 0 aliphatic heterocycles. The average Bonchev–Trinajstić information content (AvgIpc) is 3.37. The number of aryl methyl sites for hydroxylation is 2. The molecule has 0 bridgehead atoms. The van der Waals surface area contributed by atoms with Gasteiger partial charge in [-0.15, -0.1) is 11.3 Å². The molecule has 2 aromatic carbocycles. The number of rotatable bonds is 4. The molecule has 0 aliphatic carbocycles. The lowest BCUT2D eigenvalue weighted by Crippen LogP contribution is -2.27. The van der Waals surface area contributed by atoms with Gasteiger partial charge in [0, 0.05) is 15.8 Å². The van der Waals surface area contributed by atoms with E-state index in [1.807, 2.05) is 45.0 Å². The second-order valence-corrected chi connectivity index (χ2v) is 10.1. The summed E-state index contributed by atoms with van der Waals surface area (Å²) in [7, 11) is 0. The Hall–Kier alpha value is -3.43. The van der Waals surface area contributed by atoms with Crippen LogP contribution in [0.4, 0.5) is 4.79 Å². The Labute approximate surface area is 198 Å². The number of carbonyl (C=O) groups is 1. The maximum atomic E-state index is 12.6. The van der Waals surface area contributed by atoms with Gasteiger partial charge in [0.05, 0.1) is 23.3 Å². The summed E-state index contributed by atoms with van der Waals surface area (Å²) >= 11 is 1.65. The number of aromatic nitrogens is 2. The lowest BCUT2D eigenvalue weighted by Gasteiger charge is -2.19. The van der Waals surface area contributed by atoms with Crippen LogP contribution in [-0.4, -0.2) is 21.5 Å². The normalized spacial score (nSPS) is 11.5. The highest BCUT2D eigenvalue weighted by Gasteiger charge is 2.21. The fourth-order valence-corrected chi connectivity index (χ4v) is 4.98. The van der Waals surface area contributed by atoms with E-state index in [1.54, 1.807) is 17.5 Å². The van der Waals surface area contributed by atoms with Crippen LogP contribution in [0.2, 0.25) is 0 Å². The molecule has 2 heterocycles. The highest BCUT2D eigenvalue weighted by atomic mass is 32.1. The molecule has 2 aromatic heterocycles. The standard InChI is InChI=1S/C27H27N3O2S/c1-6-7-18-12-20(15-28)24(25-17(2)10-11-33-25)22(13-18)19-8-9-23-21(14-19)16-29-30(23)26(31)32-27(3,4)5/h8-14,16H,6-7H2,1-5H3. The van der Waals surface area contributed by atoms with E-state index >= 15 is 0 Å². The molecular weight excluding hydrogens is 430 g/mol. The third kappa shape index (κ3) is 4.55. The van der Waals surface area contributed by atoms with Gasteiger partial charge in [0.15, 0.2) is 0 Å². The third-order valence-corrected chi connectivity index (χ3v) is 6.43. The number of nitriles is 1. The Morgan fingerprint density at radius 1 is 1.21 bits per heavy atom. The molecule has 0 saturated heterocycles. The van der Waals surface area contributed by atoms with Crippen LogP contribution in [0.5, 0.6) is 0 Å². The molecule has 0 spiro atoms. The summed E-state index contributed by atoms with van der Waals surface area (Å²) in [6.45, 7) is 9.71. The van der Waals surface area contributed by atoms with Crippen LogP contribution in [-0.2, 0) is 11.2 Å². The number of ether oxygens (including phenoxy) is 1. The molecule has 4 rings (SSSR count). The van der Waals surface area contributed by atoms with Gasteiger partial charge in [-0.2, -0.15) is 15.0 Å². The lowest BCUT2D eigenvalue weighted by atomic mass is 9.90. The number of carbonyl (C=O) groups excluding carboxylic acids is 1. The second kappa shape index (κ2) is 8.84. The first-order valence-corrected chi connectivity index (χ1v) is 11.9. The molecule has 168 valence electrons. The maximum Gasteiger partial charge on any atom is 0.435 e. The Balaban J connectivity index is 1.89. The van der Waals surface area contributed by atoms with Gasteiger partial charge in [0.1, 0.15) is 5.60 Å². The number of benzene rings is 2. The zero-order valence-corrected chi connectivity index (χ0v) is 20.4. The number of hydrogen-bond acceptors (Lipinski definition) is 5. The molecule has 0 unspecified atom stereocenters. The van der Waals surface area contributed by atoms with E-state index in [4.69, 9.17) is 4.74 Å². The summed E-state index contributed by atoms with van der Waals surface area (Å²) in [6.07, 6.45) is 3.09. The molecular formula is C27H27N3O2S. The van der Waals surface area contributed by atoms with Crippen LogP contribution in [0.15, 0.2) is 48.0 Å². The van der Waals surface area contributed by atoms with Gasteiger partial charge in [-0.1, -0.05) is 25.5 Å². The number of hydrogen-bond donors (Lipinski definition) is 0. The van der Waals surface area contributed by atoms with Gasteiger partial charge in [-0.05, 0) is 86.0 Å². The Morgan fingerprint density at radius 2 is 2.00 bits per heavy atom. The van der Waals surface area contributed by atoms with Gasteiger partial charge in [-0.25, -0.2) is 4.79 Å². The number of nitrogens with zero attached hydrogens (tertiary/aromatic N) is 3. The number of thiophene rings is 1. The van der Waals surface area contributed by atoms with E-state index in [9.17, 15) is 10.1 Å². The summed E-state index contributed by atoms with van der Waals surface area (Å²) < 4.78 is 6.78. The van der Waals surface area contributed by atoms with E-state index < -0.39 is 11.7 Å². The predicted octanol–water partition coefficient (Wildman–Crippen LogP) is 7.35. The predicted molar refractivity (Wildman–Crippen MR) is 134 cm³/mol. The highest BCUT2D eigenvalue weighted by Crippen LogP contribution is 2.41. The SMILES string of the molecule is CCCc1cc(C#N)c(-c2sccc2C)c(-c2ccc3c(cnn3C(=O)OC(C)(C)C)c2)c1. The van der Waals surface area contributed by atoms with Crippen molar-refractivity contribution < 1.29 is 9.53 Å². The zero-order chi connectivity index (χ0) is 23.8. The van der Waals surface area contributed by atoms with Crippen molar-refractivity contribution in [3.63, 3.8) is 0 Å². The quantitative estimate of drug-likeness (QED) is 0.321. The van der Waals surface area contributed by atoms with E-state index in [2.05, 4.69) is 42.5 Å². The second-order valence-electron chi connectivity index (χ2n) is 9.17. The van der Waals surface area contributed by atoms with Crippen molar-refractivity contribution in [3.05, 3.63) is 64.7 Å². The summed E-state index contributed by atoms with van der Waals surface area (Å²) in [5.41, 5.74) is 6.04. The minimum atomic E-state index is -0.601. The van der Waals surface area contributed by atoms with Crippen LogP contribution in [0.25, 0.3) is 32.5 Å². The van der Waals surface area contributed by atoms with Gasteiger partial charge < -0.3 is 4.74 Å². The minimum Gasteiger partial charge on any atom is -0.442 e. The lowest BCUT2D eigenvalue weighted by molar-refractivity contribution is 0.0522. The molecule has 0 N–H and O–H groups in total. The zero-order valence-electron chi connectivity index (χ0n) is 19.6. The molecule has 0 atom stereocenters. The minimum absolute atomic E-state index is 0.503. The van der Waals surface area contributed by atoms with Crippen molar-refractivity contribution in [3.8, 4) is 27.6 Å². The van der Waals surface area contributed by atoms with Gasteiger partial charge in [0.2, 0.25) is 0 Å².